The molecular weight excluding hydrogens is 290 g/mol. The van der Waals surface area contributed by atoms with Crippen molar-refractivity contribution in [3.8, 4) is 0 Å². The van der Waals surface area contributed by atoms with Gasteiger partial charge in [0.15, 0.2) is 0 Å². The van der Waals surface area contributed by atoms with Crippen LogP contribution in [-0.2, 0) is 10.2 Å². The first-order chi connectivity index (χ1) is 8.72. The van der Waals surface area contributed by atoms with E-state index in [1.165, 1.54) is 11.1 Å². The molecule has 0 atom stereocenters. The number of halogens is 1. The lowest BCUT2D eigenvalue weighted by atomic mass is 9.73. The molecule has 0 amide bonds. The van der Waals surface area contributed by atoms with Crippen LogP contribution in [0.4, 0.5) is 5.69 Å². The number of hydrogen-bond donors (Lipinski definition) is 1. The van der Waals surface area contributed by atoms with E-state index < -0.39 is 0 Å². The minimum atomic E-state index is -0.0339. The van der Waals surface area contributed by atoms with Crippen LogP contribution in [-0.4, -0.2) is 13.2 Å². The summed E-state index contributed by atoms with van der Waals surface area (Å²) in [6, 6.07) is 16.4. The van der Waals surface area contributed by atoms with Crippen molar-refractivity contribution in [1.29, 1.82) is 0 Å². The molecule has 3 rings (SSSR count). The summed E-state index contributed by atoms with van der Waals surface area (Å²) in [7, 11) is 0. The number of rotatable bonds is 2. The van der Waals surface area contributed by atoms with Gasteiger partial charge in [0.2, 0.25) is 0 Å². The standard InChI is InChI=1S/C15H14BrNO/c16-14-4-2-1-3-13(14)15(9-18-10-15)11-5-7-12(17)8-6-11/h1-8H,9-10,17H2. The number of nitrogens with two attached hydrogens (primary N) is 1. The van der Waals surface area contributed by atoms with Gasteiger partial charge in [-0.3, -0.25) is 0 Å². The molecule has 2 aromatic rings. The highest BCUT2D eigenvalue weighted by atomic mass is 79.9. The Kier molecular flexibility index (Phi) is 2.88. The van der Waals surface area contributed by atoms with Crippen LogP contribution in [0, 0.1) is 0 Å². The molecule has 0 spiro atoms. The number of nitrogen functional groups attached to an aromatic ring is 1. The summed E-state index contributed by atoms with van der Waals surface area (Å²) in [4.78, 5) is 0. The summed E-state index contributed by atoms with van der Waals surface area (Å²) in [6.07, 6.45) is 0. The van der Waals surface area contributed by atoms with Gasteiger partial charge in [0, 0.05) is 10.2 Å². The molecule has 92 valence electrons. The van der Waals surface area contributed by atoms with Crippen molar-refractivity contribution in [3.63, 3.8) is 0 Å². The van der Waals surface area contributed by atoms with Gasteiger partial charge in [-0.15, -0.1) is 0 Å². The molecule has 0 aromatic heterocycles. The zero-order chi connectivity index (χ0) is 12.6. The van der Waals surface area contributed by atoms with E-state index in [0.29, 0.717) is 0 Å². The van der Waals surface area contributed by atoms with Gasteiger partial charge in [-0.05, 0) is 29.3 Å². The molecule has 0 saturated carbocycles. The first-order valence-electron chi connectivity index (χ1n) is 5.91. The Labute approximate surface area is 115 Å². The highest BCUT2D eigenvalue weighted by Crippen LogP contribution is 2.42. The van der Waals surface area contributed by atoms with Crippen LogP contribution in [0.25, 0.3) is 0 Å². The van der Waals surface area contributed by atoms with Gasteiger partial charge in [0.05, 0.1) is 18.6 Å². The first kappa shape index (κ1) is 11.8. The second-order valence-corrected chi connectivity index (χ2v) is 5.53. The largest absolute Gasteiger partial charge is 0.399 e. The number of anilines is 1. The Hall–Kier alpha value is -1.32. The predicted octanol–water partition coefficient (Wildman–Crippen LogP) is 3.35. The fourth-order valence-electron chi connectivity index (χ4n) is 2.44. The quantitative estimate of drug-likeness (QED) is 0.864. The summed E-state index contributed by atoms with van der Waals surface area (Å²) in [6.45, 7) is 1.44. The highest BCUT2D eigenvalue weighted by molar-refractivity contribution is 9.10. The predicted molar refractivity (Wildman–Crippen MR) is 76.6 cm³/mol. The molecule has 18 heavy (non-hydrogen) atoms. The van der Waals surface area contributed by atoms with Crippen LogP contribution < -0.4 is 5.73 Å². The van der Waals surface area contributed by atoms with E-state index in [0.717, 1.165) is 23.4 Å². The van der Waals surface area contributed by atoms with E-state index in [-0.39, 0.29) is 5.41 Å². The zero-order valence-electron chi connectivity index (χ0n) is 9.90. The van der Waals surface area contributed by atoms with Crippen LogP contribution in [0.5, 0.6) is 0 Å². The third kappa shape index (κ3) is 1.74. The van der Waals surface area contributed by atoms with Gasteiger partial charge in [-0.25, -0.2) is 0 Å². The Morgan fingerprint density at radius 3 is 2.22 bits per heavy atom. The SMILES string of the molecule is Nc1ccc(C2(c3ccccc3Br)COC2)cc1. The van der Waals surface area contributed by atoms with Crippen molar-refractivity contribution < 1.29 is 4.74 Å². The van der Waals surface area contributed by atoms with Crippen LogP contribution in [0.2, 0.25) is 0 Å². The van der Waals surface area contributed by atoms with Crippen molar-refractivity contribution in [1.82, 2.24) is 0 Å². The van der Waals surface area contributed by atoms with Gasteiger partial charge >= 0.3 is 0 Å². The third-order valence-electron chi connectivity index (χ3n) is 3.55. The Bertz CT molecular complexity index is 561. The molecule has 1 saturated heterocycles. The smallest absolute Gasteiger partial charge is 0.0680 e. The van der Waals surface area contributed by atoms with Gasteiger partial charge in [0.1, 0.15) is 0 Å². The van der Waals surface area contributed by atoms with Crippen molar-refractivity contribution in [2.45, 2.75) is 5.41 Å². The average Bonchev–Trinajstić information content (AvgIpc) is 2.32. The molecule has 2 N–H and O–H groups in total. The van der Waals surface area contributed by atoms with Crippen molar-refractivity contribution in [2.75, 3.05) is 18.9 Å². The fourth-order valence-corrected chi connectivity index (χ4v) is 3.10. The normalized spacial score (nSPS) is 17.2. The molecule has 1 fully saturated rings. The van der Waals surface area contributed by atoms with E-state index in [9.17, 15) is 0 Å². The molecular formula is C15H14BrNO. The number of benzene rings is 2. The molecule has 1 heterocycles. The monoisotopic (exact) mass is 303 g/mol. The second-order valence-electron chi connectivity index (χ2n) is 4.68. The van der Waals surface area contributed by atoms with Gasteiger partial charge in [-0.2, -0.15) is 0 Å². The molecule has 0 bridgehead atoms. The molecule has 0 radical (unpaired) electrons. The van der Waals surface area contributed by atoms with Crippen molar-refractivity contribution in [3.05, 3.63) is 64.1 Å². The zero-order valence-corrected chi connectivity index (χ0v) is 11.5. The molecule has 1 aliphatic rings. The fraction of sp³-hybridized carbons (Fsp3) is 0.200. The van der Waals surface area contributed by atoms with E-state index in [2.05, 4.69) is 46.3 Å². The van der Waals surface area contributed by atoms with Gasteiger partial charge in [-0.1, -0.05) is 46.3 Å². The van der Waals surface area contributed by atoms with E-state index >= 15 is 0 Å². The maximum Gasteiger partial charge on any atom is 0.0680 e. The lowest BCUT2D eigenvalue weighted by molar-refractivity contribution is -0.0383. The molecule has 0 aliphatic carbocycles. The van der Waals surface area contributed by atoms with Crippen LogP contribution in [0.1, 0.15) is 11.1 Å². The van der Waals surface area contributed by atoms with Gasteiger partial charge < -0.3 is 10.5 Å². The summed E-state index contributed by atoms with van der Waals surface area (Å²) >= 11 is 3.64. The Balaban J connectivity index is 2.11. The maximum absolute atomic E-state index is 5.76. The molecule has 3 heteroatoms. The number of hydrogen-bond acceptors (Lipinski definition) is 2. The summed E-state index contributed by atoms with van der Waals surface area (Å²) in [5, 5.41) is 0. The molecule has 2 aromatic carbocycles. The Morgan fingerprint density at radius 1 is 1.00 bits per heavy atom. The van der Waals surface area contributed by atoms with E-state index in [1.54, 1.807) is 0 Å². The van der Waals surface area contributed by atoms with Crippen molar-refractivity contribution >= 4 is 21.6 Å². The lowest BCUT2D eigenvalue weighted by Gasteiger charge is -2.43. The lowest BCUT2D eigenvalue weighted by Crippen LogP contribution is -2.47. The highest BCUT2D eigenvalue weighted by Gasteiger charge is 2.43. The van der Waals surface area contributed by atoms with Gasteiger partial charge in [0.25, 0.3) is 0 Å². The van der Waals surface area contributed by atoms with Crippen LogP contribution in [0.3, 0.4) is 0 Å². The van der Waals surface area contributed by atoms with E-state index in [4.69, 9.17) is 10.5 Å². The van der Waals surface area contributed by atoms with Crippen LogP contribution >= 0.6 is 15.9 Å². The topological polar surface area (TPSA) is 35.2 Å². The van der Waals surface area contributed by atoms with Crippen molar-refractivity contribution in [2.24, 2.45) is 0 Å². The minimum Gasteiger partial charge on any atom is -0.399 e. The molecule has 0 unspecified atom stereocenters. The number of ether oxygens (including phenoxy) is 1. The second kappa shape index (κ2) is 4.41. The minimum absolute atomic E-state index is 0.0339. The Morgan fingerprint density at radius 2 is 1.67 bits per heavy atom. The third-order valence-corrected chi connectivity index (χ3v) is 4.24. The average molecular weight is 304 g/mol. The first-order valence-corrected chi connectivity index (χ1v) is 6.70. The summed E-state index contributed by atoms with van der Waals surface area (Å²) in [5.41, 5.74) is 9.05. The van der Waals surface area contributed by atoms with E-state index in [1.807, 2.05) is 18.2 Å². The molecule has 2 nitrogen and oxygen atoms in total. The summed E-state index contributed by atoms with van der Waals surface area (Å²) < 4.78 is 6.61. The summed E-state index contributed by atoms with van der Waals surface area (Å²) in [5.74, 6) is 0. The van der Waals surface area contributed by atoms with Crippen LogP contribution in [0.15, 0.2) is 53.0 Å². The maximum atomic E-state index is 5.76. The molecule has 1 aliphatic heterocycles.